The Morgan fingerprint density at radius 3 is 1.75 bits per heavy atom. The lowest BCUT2D eigenvalue weighted by molar-refractivity contribution is 1.40. The molecule has 1 aromatic rings. The average Bonchev–Trinajstić information content (AvgIpc) is 2.08. The highest BCUT2D eigenvalue weighted by atomic mass is 79.9. The fourth-order valence-electron chi connectivity index (χ4n) is 0.763. The van der Waals surface area contributed by atoms with E-state index in [0.29, 0.717) is 15.1 Å². The van der Waals surface area contributed by atoms with Crippen LogP contribution in [-0.2, 0) is 0 Å². The predicted octanol–water partition coefficient (Wildman–Crippen LogP) is 3.34. The maximum atomic E-state index is 5.77. The van der Waals surface area contributed by atoms with Gasteiger partial charge in [-0.2, -0.15) is 0 Å². The lowest BCUT2D eigenvalue weighted by Gasteiger charge is -2.11. The highest BCUT2D eigenvalue weighted by Crippen LogP contribution is 2.33. The summed E-state index contributed by atoms with van der Waals surface area (Å²) in [6, 6.07) is 0. The third-order valence-electron chi connectivity index (χ3n) is 1.54. The van der Waals surface area contributed by atoms with Crippen LogP contribution in [0.25, 0.3) is 0 Å². The minimum absolute atomic E-state index is 0.223. The van der Waals surface area contributed by atoms with Crippen molar-refractivity contribution in [3.05, 3.63) is 59.4 Å². The van der Waals surface area contributed by atoms with E-state index in [0.717, 1.165) is 0 Å². The Kier molecular flexibility index (Phi) is 2.84. The van der Waals surface area contributed by atoms with E-state index in [9.17, 15) is 0 Å². The summed E-state index contributed by atoms with van der Waals surface area (Å²) >= 11 is 8.92. The third-order valence-corrected chi connectivity index (χ3v) is 2.98. The zero-order valence-electron chi connectivity index (χ0n) is 6.07. The Labute approximate surface area is 87.1 Å². The Bertz CT molecular complexity index is 224. The summed E-state index contributed by atoms with van der Waals surface area (Å²) in [4.78, 5) is 0. The summed E-state index contributed by atoms with van der Waals surface area (Å²) in [5, 5.41) is 0.291. The van der Waals surface area contributed by atoms with E-state index in [-0.39, 0.29) is 16.7 Å². The molecule has 0 aliphatic carbocycles. The van der Waals surface area contributed by atoms with Crippen molar-refractivity contribution in [1.29, 1.82) is 0 Å². The van der Waals surface area contributed by atoms with E-state index in [4.69, 9.17) is 39.3 Å². The number of hydrogen-bond donors (Lipinski definition) is 0. The third kappa shape index (κ3) is 1.40. The molecule has 0 aliphatic rings. The van der Waals surface area contributed by atoms with Crippen LogP contribution in [0.15, 0.2) is 4.47 Å². The van der Waals surface area contributed by atoms with E-state index >= 15 is 0 Å². The lowest BCUT2D eigenvalue weighted by Crippen LogP contribution is -1.93. The molecule has 58 valence electrons. The molecule has 0 aromatic heterocycles. The van der Waals surface area contributed by atoms with Crippen LogP contribution < -0.4 is 0 Å². The second-order valence-electron chi connectivity index (χ2n) is 2.28. The van der Waals surface area contributed by atoms with Gasteiger partial charge >= 0.3 is 0 Å². The first-order valence-electron chi connectivity index (χ1n) is 3.03. The van der Waals surface area contributed by atoms with Gasteiger partial charge in [0.25, 0.3) is 0 Å². The van der Waals surface area contributed by atoms with E-state index in [1.54, 1.807) is 0 Å². The molecule has 0 heterocycles. The zero-order valence-corrected chi connectivity index (χ0v) is 8.41. The van der Waals surface area contributed by atoms with Gasteiger partial charge in [0.15, 0.2) is 0 Å². The van der Waals surface area contributed by atoms with E-state index in [2.05, 4.69) is 15.9 Å². The molecule has 0 bridgehead atoms. The van der Waals surface area contributed by atoms with Crippen molar-refractivity contribution in [3.63, 3.8) is 0 Å². The number of halogens is 2. The van der Waals surface area contributed by atoms with Crippen LogP contribution in [0, 0.1) is 27.7 Å². The summed E-state index contributed by atoms with van der Waals surface area (Å²) in [6.45, 7) is 22.1. The molecule has 0 fully saturated rings. The number of rotatable bonds is 0. The minimum atomic E-state index is 0.223. The second kappa shape index (κ2) is 3.39. The molecule has 8 radical (unpaired) electrons. The van der Waals surface area contributed by atoms with Gasteiger partial charge in [0, 0.05) is 18.3 Å². The van der Waals surface area contributed by atoms with E-state index < -0.39 is 0 Å². The summed E-state index contributed by atoms with van der Waals surface area (Å²) in [6.07, 6.45) is 0. The van der Waals surface area contributed by atoms with E-state index in [1.807, 2.05) is 0 Å². The fraction of sp³-hybridized carbons (Fsp3) is 0. The molecule has 0 unspecified atom stereocenters. The van der Waals surface area contributed by atoms with Crippen molar-refractivity contribution in [2.24, 2.45) is 0 Å². The van der Waals surface area contributed by atoms with Gasteiger partial charge in [-0.25, -0.2) is 0 Å². The van der Waals surface area contributed by atoms with Crippen molar-refractivity contribution in [2.45, 2.75) is 0 Å². The number of benzene rings is 1. The van der Waals surface area contributed by atoms with Crippen molar-refractivity contribution in [3.8, 4) is 0 Å². The molecule has 2 heteroatoms. The molecule has 0 aliphatic heterocycles. The van der Waals surface area contributed by atoms with Crippen LogP contribution in [0.4, 0.5) is 0 Å². The summed E-state index contributed by atoms with van der Waals surface area (Å²) < 4.78 is 0.480. The minimum Gasteiger partial charge on any atom is -0.0828 e. The molecule has 0 N–H and O–H groups in total. The van der Waals surface area contributed by atoms with Gasteiger partial charge < -0.3 is 0 Å². The maximum absolute atomic E-state index is 5.77. The van der Waals surface area contributed by atoms with Crippen LogP contribution in [0.3, 0.4) is 0 Å². The van der Waals surface area contributed by atoms with Crippen LogP contribution >= 0.6 is 27.5 Å². The normalized spacial score (nSPS) is 10.5. The first-order chi connectivity index (χ1) is 5.46. The smallest absolute Gasteiger partial charge is 0.0589 e. The van der Waals surface area contributed by atoms with Gasteiger partial charge in [0.05, 0.1) is 5.02 Å². The van der Waals surface area contributed by atoms with Gasteiger partial charge in [-0.15, -0.1) is 0 Å². The first kappa shape index (κ1) is 10.1. The molecular formula is C10H4BrCl. The van der Waals surface area contributed by atoms with Gasteiger partial charge in [-0.05, 0) is 52.0 Å². The van der Waals surface area contributed by atoms with Gasteiger partial charge in [0.1, 0.15) is 0 Å². The predicted molar refractivity (Wildman–Crippen MR) is 52.8 cm³/mol. The summed E-state index contributed by atoms with van der Waals surface area (Å²) in [7, 11) is 0. The van der Waals surface area contributed by atoms with Crippen molar-refractivity contribution in [1.82, 2.24) is 0 Å². The van der Waals surface area contributed by atoms with Gasteiger partial charge in [-0.3, -0.25) is 0 Å². The molecule has 1 rings (SSSR count). The highest BCUT2D eigenvalue weighted by Gasteiger charge is 2.11. The maximum Gasteiger partial charge on any atom is 0.0589 e. The van der Waals surface area contributed by atoms with Gasteiger partial charge in [0.2, 0.25) is 0 Å². The summed E-state index contributed by atoms with van der Waals surface area (Å²) in [5.74, 6) is 0. The quantitative estimate of drug-likeness (QED) is 0.651. The highest BCUT2D eigenvalue weighted by molar-refractivity contribution is 9.10. The van der Waals surface area contributed by atoms with Crippen LogP contribution in [0.5, 0.6) is 0 Å². The Morgan fingerprint density at radius 2 is 1.25 bits per heavy atom. The molecule has 0 amide bonds. The van der Waals surface area contributed by atoms with Crippen molar-refractivity contribution in [2.75, 3.05) is 0 Å². The fourth-order valence-corrected chi connectivity index (χ4v) is 1.39. The first-order valence-corrected chi connectivity index (χ1v) is 4.20. The van der Waals surface area contributed by atoms with Crippen LogP contribution in [-0.4, -0.2) is 0 Å². The topological polar surface area (TPSA) is 0 Å². The van der Waals surface area contributed by atoms with E-state index in [1.165, 1.54) is 0 Å². The van der Waals surface area contributed by atoms with Gasteiger partial charge in [-0.1, -0.05) is 11.6 Å². The number of hydrogen-bond acceptors (Lipinski definition) is 0. The molecule has 0 spiro atoms. The Balaban J connectivity index is 3.60. The zero-order chi connectivity index (χ0) is 9.46. The van der Waals surface area contributed by atoms with Crippen molar-refractivity contribution < 1.29 is 0 Å². The molecule has 12 heavy (non-hydrogen) atoms. The van der Waals surface area contributed by atoms with Crippen molar-refractivity contribution >= 4 is 27.5 Å². The molecule has 0 saturated carbocycles. The average molecular weight is 239 g/mol. The Morgan fingerprint density at radius 1 is 0.833 bits per heavy atom. The molecule has 1 aromatic carbocycles. The molecule has 0 saturated heterocycles. The summed E-state index contributed by atoms with van der Waals surface area (Å²) in [5.41, 5.74) is 1.03. The monoisotopic (exact) mass is 238 g/mol. The SMILES string of the molecule is [CH]c1c([CH])c([CH])c(Br)c(Cl)c1[CH]. The second-order valence-corrected chi connectivity index (χ2v) is 3.45. The molecular weight excluding hydrogens is 235 g/mol. The van der Waals surface area contributed by atoms with Crippen LogP contribution in [0.1, 0.15) is 22.3 Å². The molecule has 0 nitrogen and oxygen atoms in total. The Hall–Kier alpha value is -0.0100. The van der Waals surface area contributed by atoms with Crippen LogP contribution in [0.2, 0.25) is 5.02 Å². The molecule has 0 atom stereocenters. The standard InChI is InChI=1S/C10H4BrCl/c1-5-6(2)8(4)10(12)9(11)7(5)3/h1-4H. The largest absolute Gasteiger partial charge is 0.0828 e. The lowest BCUT2D eigenvalue weighted by atomic mass is 10.00.